The Bertz CT molecular complexity index is 1420. The van der Waals surface area contributed by atoms with E-state index in [-0.39, 0.29) is 36.2 Å². The fourth-order valence-corrected chi connectivity index (χ4v) is 4.21. The molecule has 0 radical (unpaired) electrons. The van der Waals surface area contributed by atoms with Crippen molar-refractivity contribution in [2.45, 2.75) is 45.4 Å². The molecule has 4 rings (SSSR count). The number of amides is 1. The summed E-state index contributed by atoms with van der Waals surface area (Å²) in [4.78, 5) is 44.1. The molecule has 9 heteroatoms. The van der Waals surface area contributed by atoms with Gasteiger partial charge < -0.3 is 14.6 Å². The quantitative estimate of drug-likeness (QED) is 0.348. The van der Waals surface area contributed by atoms with Crippen LogP contribution >= 0.6 is 0 Å². The van der Waals surface area contributed by atoms with Gasteiger partial charge in [0.15, 0.2) is 11.2 Å². The Morgan fingerprint density at radius 2 is 1.67 bits per heavy atom. The third-order valence-corrected chi connectivity index (χ3v) is 6.12. The van der Waals surface area contributed by atoms with Crippen molar-refractivity contribution in [3.8, 4) is 0 Å². The van der Waals surface area contributed by atoms with Crippen LogP contribution in [0.4, 0.5) is 0 Å². The van der Waals surface area contributed by atoms with Gasteiger partial charge in [0.25, 0.3) is 5.56 Å². The number of methoxy groups -OCH3 is 1. The number of fused-ring (bicyclic) bond motifs is 1. The highest BCUT2D eigenvalue weighted by molar-refractivity contribution is 5.77. The van der Waals surface area contributed by atoms with E-state index in [2.05, 4.69) is 10.3 Å². The summed E-state index contributed by atoms with van der Waals surface area (Å²) < 4.78 is 9.26. The lowest BCUT2D eigenvalue weighted by atomic mass is 10.1. The van der Waals surface area contributed by atoms with Crippen LogP contribution in [0.25, 0.3) is 11.2 Å². The predicted octanol–water partition coefficient (Wildman–Crippen LogP) is 2.19. The van der Waals surface area contributed by atoms with Crippen molar-refractivity contribution >= 4 is 17.1 Å². The standard InChI is InChI=1S/C27H31N5O4/c1-20(13-14-21-9-5-3-6-10-21)29-23(33)18-32-26(34)24-25(28-19-30(24)15-16-36-2)31(27(32)35)17-22-11-7-4-8-12-22/h3-12,19-20H,13-18H2,1-2H3,(H,29,33). The number of aromatic nitrogens is 4. The third kappa shape index (κ3) is 5.80. The van der Waals surface area contributed by atoms with Gasteiger partial charge in [-0.3, -0.25) is 14.2 Å². The predicted molar refractivity (Wildman–Crippen MR) is 138 cm³/mol. The molecular formula is C27H31N5O4. The Kier molecular flexibility index (Phi) is 8.12. The fourth-order valence-electron chi connectivity index (χ4n) is 4.21. The van der Waals surface area contributed by atoms with Crippen LogP contribution in [0, 0.1) is 0 Å². The molecule has 1 atom stereocenters. The van der Waals surface area contributed by atoms with Crippen LogP contribution < -0.4 is 16.6 Å². The highest BCUT2D eigenvalue weighted by Gasteiger charge is 2.20. The van der Waals surface area contributed by atoms with E-state index >= 15 is 0 Å². The lowest BCUT2D eigenvalue weighted by Gasteiger charge is -2.16. The Morgan fingerprint density at radius 1 is 1.00 bits per heavy atom. The minimum atomic E-state index is -0.569. The largest absolute Gasteiger partial charge is 0.383 e. The summed E-state index contributed by atoms with van der Waals surface area (Å²) in [6, 6.07) is 19.4. The molecule has 1 amide bonds. The molecule has 0 fully saturated rings. The first-order valence-corrected chi connectivity index (χ1v) is 12.0. The van der Waals surface area contributed by atoms with Gasteiger partial charge in [0, 0.05) is 19.7 Å². The van der Waals surface area contributed by atoms with Crippen LogP contribution in [-0.4, -0.2) is 44.4 Å². The summed E-state index contributed by atoms with van der Waals surface area (Å²) in [5.74, 6) is -0.386. The van der Waals surface area contributed by atoms with E-state index in [4.69, 9.17) is 4.74 Å². The number of nitrogens with zero attached hydrogens (tertiary/aromatic N) is 4. The van der Waals surface area contributed by atoms with Gasteiger partial charge in [0.1, 0.15) is 6.54 Å². The molecule has 0 bridgehead atoms. The topological polar surface area (TPSA) is 100 Å². The SMILES string of the molecule is COCCn1cnc2c1c(=O)n(CC(=O)NC(C)CCc1ccccc1)c(=O)n2Cc1ccccc1. The van der Waals surface area contributed by atoms with Crippen molar-refractivity contribution in [2.75, 3.05) is 13.7 Å². The number of benzene rings is 2. The molecular weight excluding hydrogens is 458 g/mol. The number of rotatable bonds is 11. The minimum absolute atomic E-state index is 0.115. The molecule has 0 aliphatic heterocycles. The van der Waals surface area contributed by atoms with Crippen molar-refractivity contribution in [3.63, 3.8) is 0 Å². The smallest absolute Gasteiger partial charge is 0.333 e. The molecule has 0 aliphatic carbocycles. The molecule has 0 saturated heterocycles. The molecule has 0 saturated carbocycles. The van der Waals surface area contributed by atoms with Crippen molar-refractivity contribution in [1.82, 2.24) is 24.0 Å². The van der Waals surface area contributed by atoms with E-state index in [0.717, 1.165) is 23.0 Å². The number of imidazole rings is 1. The van der Waals surface area contributed by atoms with Crippen LogP contribution in [0.3, 0.4) is 0 Å². The monoisotopic (exact) mass is 489 g/mol. The Hall–Kier alpha value is -3.98. The van der Waals surface area contributed by atoms with Gasteiger partial charge in [-0.1, -0.05) is 60.7 Å². The van der Waals surface area contributed by atoms with E-state index in [1.165, 1.54) is 16.5 Å². The molecule has 4 aromatic rings. The van der Waals surface area contributed by atoms with Gasteiger partial charge in [-0.25, -0.2) is 14.3 Å². The third-order valence-electron chi connectivity index (χ3n) is 6.12. The maximum absolute atomic E-state index is 13.4. The maximum Gasteiger partial charge on any atom is 0.333 e. The highest BCUT2D eigenvalue weighted by atomic mass is 16.5. The number of hydrogen-bond acceptors (Lipinski definition) is 5. The van der Waals surface area contributed by atoms with Gasteiger partial charge in [0.05, 0.1) is 19.5 Å². The van der Waals surface area contributed by atoms with Crippen molar-refractivity contribution < 1.29 is 9.53 Å². The number of hydrogen-bond donors (Lipinski definition) is 1. The number of aryl methyl sites for hydroxylation is 1. The van der Waals surface area contributed by atoms with E-state index in [1.807, 2.05) is 67.6 Å². The maximum atomic E-state index is 13.4. The van der Waals surface area contributed by atoms with Crippen LogP contribution in [-0.2, 0) is 35.6 Å². The first-order valence-electron chi connectivity index (χ1n) is 12.0. The fraction of sp³-hybridized carbons (Fsp3) is 0.333. The molecule has 2 aromatic carbocycles. The molecule has 0 spiro atoms. The van der Waals surface area contributed by atoms with Crippen molar-refractivity contribution in [2.24, 2.45) is 0 Å². The van der Waals surface area contributed by atoms with E-state index in [9.17, 15) is 14.4 Å². The minimum Gasteiger partial charge on any atom is -0.383 e. The molecule has 188 valence electrons. The molecule has 2 aromatic heterocycles. The first kappa shape index (κ1) is 25.1. The Labute approximate surface area is 209 Å². The van der Waals surface area contributed by atoms with Crippen molar-refractivity contribution in [1.29, 1.82) is 0 Å². The molecule has 1 unspecified atom stereocenters. The number of carbonyl (C=O) groups is 1. The van der Waals surface area contributed by atoms with Gasteiger partial charge in [0.2, 0.25) is 5.91 Å². The molecule has 36 heavy (non-hydrogen) atoms. The lowest BCUT2D eigenvalue weighted by Crippen LogP contribution is -2.45. The number of nitrogens with one attached hydrogen (secondary N) is 1. The summed E-state index contributed by atoms with van der Waals surface area (Å²) in [5.41, 5.74) is 1.52. The zero-order valence-electron chi connectivity index (χ0n) is 20.6. The summed E-state index contributed by atoms with van der Waals surface area (Å²) in [7, 11) is 1.58. The van der Waals surface area contributed by atoms with Crippen LogP contribution in [0.5, 0.6) is 0 Å². The molecule has 2 heterocycles. The number of carbonyl (C=O) groups excluding carboxylic acids is 1. The molecule has 0 aliphatic rings. The van der Waals surface area contributed by atoms with Crippen molar-refractivity contribution in [3.05, 3.63) is 99.0 Å². The average molecular weight is 490 g/mol. The number of ether oxygens (including phenoxy) is 1. The zero-order chi connectivity index (χ0) is 25.5. The first-order chi connectivity index (χ1) is 17.5. The van der Waals surface area contributed by atoms with E-state index in [1.54, 1.807) is 11.7 Å². The second kappa shape index (κ2) is 11.6. The summed E-state index contributed by atoms with van der Waals surface area (Å²) in [6.45, 7) is 2.55. The van der Waals surface area contributed by atoms with Gasteiger partial charge in [-0.15, -0.1) is 0 Å². The zero-order valence-corrected chi connectivity index (χ0v) is 20.6. The second-order valence-electron chi connectivity index (χ2n) is 8.84. The molecule has 9 nitrogen and oxygen atoms in total. The Morgan fingerprint density at radius 3 is 2.33 bits per heavy atom. The Balaban J connectivity index is 1.61. The van der Waals surface area contributed by atoms with E-state index < -0.39 is 11.2 Å². The summed E-state index contributed by atoms with van der Waals surface area (Å²) in [5, 5.41) is 2.92. The highest BCUT2D eigenvalue weighted by Crippen LogP contribution is 2.10. The average Bonchev–Trinajstić information content (AvgIpc) is 3.32. The van der Waals surface area contributed by atoms with Crippen LogP contribution in [0.1, 0.15) is 24.5 Å². The second-order valence-corrected chi connectivity index (χ2v) is 8.84. The van der Waals surface area contributed by atoms with Gasteiger partial charge in [-0.2, -0.15) is 0 Å². The van der Waals surface area contributed by atoms with Crippen LogP contribution in [0.15, 0.2) is 76.6 Å². The van der Waals surface area contributed by atoms with Gasteiger partial charge >= 0.3 is 5.69 Å². The summed E-state index contributed by atoms with van der Waals surface area (Å²) >= 11 is 0. The van der Waals surface area contributed by atoms with E-state index in [0.29, 0.717) is 13.2 Å². The van der Waals surface area contributed by atoms with Gasteiger partial charge in [-0.05, 0) is 30.9 Å². The lowest BCUT2D eigenvalue weighted by molar-refractivity contribution is -0.122. The molecule has 1 N–H and O–H groups in total. The summed E-state index contributed by atoms with van der Waals surface area (Å²) in [6.07, 6.45) is 3.09. The van der Waals surface area contributed by atoms with Crippen LogP contribution in [0.2, 0.25) is 0 Å². The normalized spacial score (nSPS) is 12.1.